The fourth-order valence-corrected chi connectivity index (χ4v) is 5.87. The maximum Gasteiger partial charge on any atom is 0.303 e. The molecule has 0 unspecified atom stereocenters. The standard InChI is InChI=1S/C29H33N3O3S/c1-4-24-22(18-32-12-10-20(11-13-32)14-28(33)34)6-5-7-25(24)27-17-31-29(36-27)21-8-9-26(35-19(2)3)23(15-21)16-30/h5-9,15,17,19-20H,4,10-14,18H2,1-3H3,(H,33,34). The van der Waals surface area contributed by atoms with Gasteiger partial charge in [0, 0.05) is 24.7 Å². The highest BCUT2D eigenvalue weighted by Crippen LogP contribution is 2.37. The molecule has 36 heavy (non-hydrogen) atoms. The Balaban J connectivity index is 1.53. The molecule has 1 fully saturated rings. The summed E-state index contributed by atoms with van der Waals surface area (Å²) >= 11 is 1.64. The highest BCUT2D eigenvalue weighted by molar-refractivity contribution is 7.18. The topological polar surface area (TPSA) is 86.5 Å². The number of thiazole rings is 1. The summed E-state index contributed by atoms with van der Waals surface area (Å²) < 4.78 is 5.76. The first-order chi connectivity index (χ1) is 17.4. The zero-order valence-corrected chi connectivity index (χ0v) is 22.0. The summed E-state index contributed by atoms with van der Waals surface area (Å²) in [6.07, 6.45) is 5.02. The summed E-state index contributed by atoms with van der Waals surface area (Å²) in [4.78, 5) is 19.3. The normalized spacial score (nSPS) is 14.6. The van der Waals surface area contributed by atoms with Crippen LogP contribution in [0.15, 0.2) is 42.6 Å². The summed E-state index contributed by atoms with van der Waals surface area (Å²) in [5, 5.41) is 19.6. The summed E-state index contributed by atoms with van der Waals surface area (Å²) in [5.41, 5.74) is 5.29. The third kappa shape index (κ3) is 6.13. The molecular formula is C29H33N3O3S. The molecule has 1 aliphatic heterocycles. The monoisotopic (exact) mass is 503 g/mol. The van der Waals surface area contributed by atoms with Crippen LogP contribution >= 0.6 is 11.3 Å². The van der Waals surface area contributed by atoms with E-state index in [1.54, 1.807) is 11.3 Å². The van der Waals surface area contributed by atoms with Gasteiger partial charge < -0.3 is 9.84 Å². The van der Waals surface area contributed by atoms with Crippen LogP contribution in [-0.4, -0.2) is 40.2 Å². The molecule has 1 aromatic heterocycles. The predicted octanol–water partition coefficient (Wildman–Crippen LogP) is 6.39. The van der Waals surface area contributed by atoms with Crippen LogP contribution in [0.4, 0.5) is 0 Å². The van der Waals surface area contributed by atoms with E-state index in [0.29, 0.717) is 17.2 Å². The van der Waals surface area contributed by atoms with Gasteiger partial charge in [-0.25, -0.2) is 4.98 Å². The number of nitrogens with zero attached hydrogens (tertiary/aromatic N) is 3. The van der Waals surface area contributed by atoms with Crippen molar-refractivity contribution in [3.63, 3.8) is 0 Å². The zero-order valence-electron chi connectivity index (χ0n) is 21.2. The van der Waals surface area contributed by atoms with Crippen molar-refractivity contribution in [2.45, 2.75) is 59.1 Å². The van der Waals surface area contributed by atoms with Crippen molar-refractivity contribution < 1.29 is 14.6 Å². The van der Waals surface area contributed by atoms with Gasteiger partial charge in [0.05, 0.1) is 16.5 Å². The number of rotatable bonds is 9. The average molecular weight is 504 g/mol. The first-order valence-corrected chi connectivity index (χ1v) is 13.4. The number of ether oxygens (including phenoxy) is 1. The molecule has 2 aromatic carbocycles. The molecule has 7 heteroatoms. The number of piperidine rings is 1. The molecule has 0 aliphatic carbocycles. The number of hydrogen-bond acceptors (Lipinski definition) is 6. The number of hydrogen-bond donors (Lipinski definition) is 1. The Morgan fingerprint density at radius 2 is 2.06 bits per heavy atom. The molecule has 3 aromatic rings. The van der Waals surface area contributed by atoms with Crippen LogP contribution in [0.3, 0.4) is 0 Å². The summed E-state index contributed by atoms with van der Waals surface area (Å²) in [5.74, 6) is 0.196. The average Bonchev–Trinajstić information content (AvgIpc) is 3.35. The lowest BCUT2D eigenvalue weighted by Crippen LogP contribution is -2.34. The van der Waals surface area contributed by atoms with E-state index in [9.17, 15) is 10.1 Å². The second-order valence-corrected chi connectivity index (χ2v) is 10.7. The summed E-state index contributed by atoms with van der Waals surface area (Å²) in [6, 6.07) is 14.4. The zero-order chi connectivity index (χ0) is 25.7. The molecular weight excluding hydrogens is 470 g/mol. The highest BCUT2D eigenvalue weighted by Gasteiger charge is 2.22. The largest absolute Gasteiger partial charge is 0.490 e. The van der Waals surface area contributed by atoms with Crippen molar-refractivity contribution in [1.29, 1.82) is 5.26 Å². The van der Waals surface area contributed by atoms with Crippen molar-refractivity contribution in [2.24, 2.45) is 5.92 Å². The van der Waals surface area contributed by atoms with Gasteiger partial charge in [0.2, 0.25) is 0 Å². The van der Waals surface area contributed by atoms with Gasteiger partial charge in [-0.05, 0) is 87.0 Å². The van der Waals surface area contributed by atoms with Gasteiger partial charge in [-0.3, -0.25) is 9.69 Å². The Bertz CT molecular complexity index is 1250. The number of likely N-dealkylation sites (tertiary alicyclic amines) is 1. The lowest BCUT2D eigenvalue weighted by Gasteiger charge is -2.32. The van der Waals surface area contributed by atoms with Gasteiger partial charge >= 0.3 is 5.97 Å². The lowest BCUT2D eigenvalue weighted by molar-refractivity contribution is -0.138. The van der Waals surface area contributed by atoms with E-state index in [1.165, 1.54) is 16.7 Å². The van der Waals surface area contributed by atoms with E-state index in [0.717, 1.165) is 54.3 Å². The molecule has 1 saturated heterocycles. The molecule has 1 N–H and O–H groups in total. The third-order valence-corrected chi connectivity index (χ3v) is 7.75. The Morgan fingerprint density at radius 3 is 2.72 bits per heavy atom. The van der Waals surface area contributed by atoms with Crippen LogP contribution in [0.25, 0.3) is 21.0 Å². The van der Waals surface area contributed by atoms with Gasteiger partial charge in [-0.1, -0.05) is 25.1 Å². The van der Waals surface area contributed by atoms with Crippen LogP contribution in [0, 0.1) is 17.2 Å². The number of carbonyl (C=O) groups is 1. The molecule has 0 amide bonds. The second-order valence-electron chi connectivity index (χ2n) is 9.63. The summed E-state index contributed by atoms with van der Waals surface area (Å²) in [7, 11) is 0. The molecule has 6 nitrogen and oxygen atoms in total. The van der Waals surface area contributed by atoms with Gasteiger partial charge in [-0.15, -0.1) is 11.3 Å². The quantitative estimate of drug-likeness (QED) is 0.364. The minimum Gasteiger partial charge on any atom is -0.490 e. The molecule has 0 spiro atoms. The maximum atomic E-state index is 11.0. The fraction of sp³-hybridized carbons (Fsp3) is 0.414. The van der Waals surface area contributed by atoms with Crippen LogP contribution < -0.4 is 4.74 Å². The number of nitriles is 1. The number of benzene rings is 2. The van der Waals surface area contributed by atoms with E-state index in [2.05, 4.69) is 36.1 Å². The van der Waals surface area contributed by atoms with Crippen LogP contribution in [0.5, 0.6) is 5.75 Å². The maximum absolute atomic E-state index is 11.0. The first kappa shape index (κ1) is 25.9. The van der Waals surface area contributed by atoms with E-state index in [1.807, 2.05) is 38.2 Å². The third-order valence-electron chi connectivity index (χ3n) is 6.67. The van der Waals surface area contributed by atoms with Crippen LogP contribution in [0.2, 0.25) is 0 Å². The van der Waals surface area contributed by atoms with Crippen LogP contribution in [-0.2, 0) is 17.8 Å². The van der Waals surface area contributed by atoms with Gasteiger partial charge in [-0.2, -0.15) is 5.26 Å². The second kappa shape index (κ2) is 11.7. The minimum absolute atomic E-state index is 0.00487. The Labute approximate surface area is 217 Å². The number of carboxylic acid groups (broad SMARTS) is 1. The molecule has 0 bridgehead atoms. The van der Waals surface area contributed by atoms with Gasteiger partial charge in [0.1, 0.15) is 16.8 Å². The number of carboxylic acids is 1. The van der Waals surface area contributed by atoms with Gasteiger partial charge in [0.25, 0.3) is 0 Å². The van der Waals surface area contributed by atoms with E-state index in [4.69, 9.17) is 14.8 Å². The van der Waals surface area contributed by atoms with E-state index in [-0.39, 0.29) is 12.5 Å². The Hall–Kier alpha value is -3.21. The molecule has 4 rings (SSSR count). The number of aromatic nitrogens is 1. The van der Waals surface area contributed by atoms with Crippen molar-refractivity contribution in [3.05, 3.63) is 59.3 Å². The van der Waals surface area contributed by atoms with Crippen molar-refractivity contribution in [1.82, 2.24) is 9.88 Å². The smallest absolute Gasteiger partial charge is 0.303 e. The SMILES string of the molecule is CCc1c(CN2CCC(CC(=O)O)CC2)cccc1-c1cnc(-c2ccc(OC(C)C)c(C#N)c2)s1. The molecule has 1 aliphatic rings. The first-order valence-electron chi connectivity index (χ1n) is 12.6. The van der Waals surface area contributed by atoms with Crippen molar-refractivity contribution in [3.8, 4) is 32.8 Å². The Morgan fingerprint density at radius 1 is 1.28 bits per heavy atom. The lowest BCUT2D eigenvalue weighted by atomic mass is 9.92. The fourth-order valence-electron chi connectivity index (χ4n) is 4.91. The van der Waals surface area contributed by atoms with Gasteiger partial charge in [0.15, 0.2) is 0 Å². The predicted molar refractivity (Wildman–Crippen MR) is 143 cm³/mol. The molecule has 0 atom stereocenters. The minimum atomic E-state index is -0.693. The molecule has 0 radical (unpaired) electrons. The summed E-state index contributed by atoms with van der Waals surface area (Å²) in [6.45, 7) is 8.84. The van der Waals surface area contributed by atoms with Crippen molar-refractivity contribution >= 4 is 17.3 Å². The van der Waals surface area contributed by atoms with Crippen molar-refractivity contribution in [2.75, 3.05) is 13.1 Å². The molecule has 0 saturated carbocycles. The molecule has 188 valence electrons. The van der Waals surface area contributed by atoms with E-state index >= 15 is 0 Å². The van der Waals surface area contributed by atoms with E-state index < -0.39 is 5.97 Å². The Kier molecular flexibility index (Phi) is 8.40. The highest BCUT2D eigenvalue weighted by atomic mass is 32.1. The molecule has 2 heterocycles. The number of aliphatic carboxylic acids is 1. The van der Waals surface area contributed by atoms with Crippen LogP contribution in [0.1, 0.15) is 56.7 Å².